The molecule has 0 aromatic carbocycles. The van der Waals surface area contributed by atoms with Crippen molar-refractivity contribution in [2.24, 2.45) is 5.92 Å². The van der Waals surface area contributed by atoms with E-state index < -0.39 is 0 Å². The summed E-state index contributed by atoms with van der Waals surface area (Å²) in [6.07, 6.45) is 1.51. The van der Waals surface area contributed by atoms with Gasteiger partial charge in [-0.2, -0.15) is 10.2 Å². The topological polar surface area (TPSA) is 65.6 Å². The van der Waals surface area contributed by atoms with Crippen LogP contribution in [0.2, 0.25) is 0 Å². The van der Waals surface area contributed by atoms with Crippen molar-refractivity contribution < 1.29 is 0 Å². The van der Waals surface area contributed by atoms with Gasteiger partial charge in [0, 0.05) is 6.54 Å². The molecule has 0 unspecified atom stereocenters. The predicted molar refractivity (Wildman–Crippen MR) is 60.3 cm³/mol. The van der Waals surface area contributed by atoms with Crippen LogP contribution in [0.5, 0.6) is 0 Å². The monoisotopic (exact) mass is 239 g/mol. The molecule has 0 N–H and O–H groups in total. The fourth-order valence-corrected chi connectivity index (χ4v) is 1.87. The normalized spacial score (nSPS) is 11.2. The van der Waals surface area contributed by atoms with Crippen molar-refractivity contribution in [2.75, 3.05) is 0 Å². The van der Waals surface area contributed by atoms with E-state index in [4.69, 9.17) is 0 Å². The molecule has 0 bridgehead atoms. The second-order valence-corrected chi connectivity index (χ2v) is 4.71. The Labute approximate surface area is 96.6 Å². The Kier molecular flexibility index (Phi) is 3.14. The first-order chi connectivity index (χ1) is 7.66. The molecule has 0 aliphatic rings. The Hall–Kier alpha value is -1.50. The second kappa shape index (κ2) is 4.56. The Bertz CT molecular complexity index is 512. The average Bonchev–Trinajstić information content (AvgIpc) is 2.78. The van der Waals surface area contributed by atoms with Gasteiger partial charge >= 0.3 is 4.87 Å². The quantitative estimate of drug-likeness (QED) is 0.783. The van der Waals surface area contributed by atoms with Gasteiger partial charge in [-0.25, -0.2) is 14.3 Å². The lowest BCUT2D eigenvalue weighted by Gasteiger charge is -2.07. The molecule has 0 saturated heterocycles. The van der Waals surface area contributed by atoms with Gasteiger partial charge in [-0.15, -0.1) is 0 Å². The molecule has 2 aromatic rings. The fourth-order valence-electron chi connectivity index (χ4n) is 1.38. The lowest BCUT2D eigenvalue weighted by atomic mass is 10.2. The molecule has 2 heterocycles. The third kappa shape index (κ3) is 2.35. The Balaban J connectivity index is 2.19. The van der Waals surface area contributed by atoms with E-state index in [0.29, 0.717) is 12.5 Å². The SMILES string of the molecule is CC(C)Cn1ncnc1Cn1ncsc1=O. The molecule has 0 radical (unpaired) electrons. The molecule has 2 aromatic heterocycles. The maximum absolute atomic E-state index is 11.3. The fraction of sp³-hybridized carbons (Fsp3) is 0.556. The highest BCUT2D eigenvalue weighted by Gasteiger charge is 2.08. The molecule has 0 aliphatic heterocycles. The molecular weight excluding hydrogens is 226 g/mol. The van der Waals surface area contributed by atoms with Gasteiger partial charge < -0.3 is 0 Å². The summed E-state index contributed by atoms with van der Waals surface area (Å²) in [6.45, 7) is 5.41. The molecule has 0 spiro atoms. The zero-order chi connectivity index (χ0) is 11.5. The van der Waals surface area contributed by atoms with E-state index in [0.717, 1.165) is 23.7 Å². The van der Waals surface area contributed by atoms with E-state index in [1.54, 1.807) is 0 Å². The molecule has 6 nitrogen and oxygen atoms in total. The van der Waals surface area contributed by atoms with Gasteiger partial charge in [-0.1, -0.05) is 25.2 Å². The van der Waals surface area contributed by atoms with Crippen LogP contribution in [0.4, 0.5) is 0 Å². The molecule has 0 atom stereocenters. The summed E-state index contributed by atoms with van der Waals surface area (Å²) in [6, 6.07) is 0. The summed E-state index contributed by atoms with van der Waals surface area (Å²) in [5.74, 6) is 1.26. The van der Waals surface area contributed by atoms with Gasteiger partial charge in [-0.3, -0.25) is 4.79 Å². The summed E-state index contributed by atoms with van der Waals surface area (Å²) < 4.78 is 3.21. The smallest absolute Gasteiger partial charge is 0.255 e. The molecule has 16 heavy (non-hydrogen) atoms. The van der Waals surface area contributed by atoms with E-state index in [1.165, 1.54) is 16.5 Å². The molecule has 7 heteroatoms. The van der Waals surface area contributed by atoms with Crippen LogP contribution in [0, 0.1) is 5.92 Å². The number of rotatable bonds is 4. The van der Waals surface area contributed by atoms with Crippen molar-refractivity contribution >= 4 is 11.3 Å². The summed E-state index contributed by atoms with van der Waals surface area (Å²) >= 11 is 1.08. The first-order valence-corrected chi connectivity index (χ1v) is 5.92. The highest BCUT2D eigenvalue weighted by Crippen LogP contribution is 2.02. The third-order valence-electron chi connectivity index (χ3n) is 2.08. The maximum atomic E-state index is 11.3. The van der Waals surface area contributed by atoms with Crippen molar-refractivity contribution in [1.29, 1.82) is 0 Å². The van der Waals surface area contributed by atoms with Crippen LogP contribution in [0.25, 0.3) is 0 Å². The molecule has 0 saturated carbocycles. The first-order valence-electron chi connectivity index (χ1n) is 5.04. The lowest BCUT2D eigenvalue weighted by molar-refractivity contribution is 0.455. The highest BCUT2D eigenvalue weighted by molar-refractivity contribution is 7.06. The second-order valence-electron chi connectivity index (χ2n) is 3.91. The molecular formula is C9H13N5OS. The van der Waals surface area contributed by atoms with E-state index >= 15 is 0 Å². The predicted octanol–water partition coefficient (Wildman–Crippen LogP) is 0.601. The molecule has 0 amide bonds. The van der Waals surface area contributed by atoms with Crippen LogP contribution >= 0.6 is 11.3 Å². The zero-order valence-corrected chi connectivity index (χ0v) is 10.0. The summed E-state index contributed by atoms with van der Waals surface area (Å²) in [4.78, 5) is 15.4. The van der Waals surface area contributed by atoms with Gasteiger partial charge in [0.15, 0.2) is 0 Å². The Morgan fingerprint density at radius 1 is 1.38 bits per heavy atom. The number of nitrogens with zero attached hydrogens (tertiary/aromatic N) is 5. The Morgan fingerprint density at radius 2 is 2.19 bits per heavy atom. The number of aromatic nitrogens is 5. The molecule has 0 aliphatic carbocycles. The van der Waals surface area contributed by atoms with Crippen LogP contribution in [0.3, 0.4) is 0 Å². The molecule has 86 valence electrons. The van der Waals surface area contributed by atoms with E-state index in [9.17, 15) is 4.79 Å². The number of hydrogen-bond acceptors (Lipinski definition) is 5. The summed E-state index contributed by atoms with van der Waals surface area (Å²) in [5, 5.41) is 8.08. The molecule has 2 rings (SSSR count). The van der Waals surface area contributed by atoms with E-state index in [2.05, 4.69) is 29.0 Å². The number of hydrogen-bond donors (Lipinski definition) is 0. The largest absolute Gasteiger partial charge is 0.325 e. The first kappa shape index (κ1) is 11.0. The van der Waals surface area contributed by atoms with Crippen LogP contribution in [0.1, 0.15) is 19.7 Å². The summed E-state index contributed by atoms with van der Waals surface area (Å²) in [5.41, 5.74) is 1.53. The summed E-state index contributed by atoms with van der Waals surface area (Å²) in [7, 11) is 0. The Morgan fingerprint density at radius 3 is 2.81 bits per heavy atom. The van der Waals surface area contributed by atoms with Crippen molar-refractivity contribution in [3.05, 3.63) is 27.3 Å². The average molecular weight is 239 g/mol. The van der Waals surface area contributed by atoms with Gasteiger partial charge in [0.05, 0.1) is 0 Å². The zero-order valence-electron chi connectivity index (χ0n) is 9.20. The van der Waals surface area contributed by atoms with E-state index in [-0.39, 0.29) is 4.87 Å². The van der Waals surface area contributed by atoms with E-state index in [1.807, 2.05) is 4.68 Å². The minimum atomic E-state index is -0.0703. The van der Waals surface area contributed by atoms with Crippen LogP contribution in [-0.4, -0.2) is 24.5 Å². The van der Waals surface area contributed by atoms with Crippen LogP contribution < -0.4 is 4.87 Å². The minimum Gasteiger partial charge on any atom is -0.255 e. The highest BCUT2D eigenvalue weighted by atomic mass is 32.1. The minimum absolute atomic E-state index is 0.0703. The van der Waals surface area contributed by atoms with Crippen LogP contribution in [-0.2, 0) is 13.1 Å². The van der Waals surface area contributed by atoms with Gasteiger partial charge in [0.2, 0.25) is 0 Å². The standard InChI is InChI=1S/C9H13N5OS/c1-7(2)3-13-8(10-5-11-13)4-14-9(15)16-6-12-14/h5-7H,3-4H2,1-2H3. The van der Waals surface area contributed by atoms with Crippen LogP contribution in [0.15, 0.2) is 16.6 Å². The van der Waals surface area contributed by atoms with Crippen molar-refractivity contribution in [2.45, 2.75) is 26.9 Å². The van der Waals surface area contributed by atoms with Crippen molar-refractivity contribution in [1.82, 2.24) is 24.5 Å². The van der Waals surface area contributed by atoms with Crippen molar-refractivity contribution in [3.63, 3.8) is 0 Å². The maximum Gasteiger partial charge on any atom is 0.325 e. The lowest BCUT2D eigenvalue weighted by Crippen LogP contribution is -2.20. The van der Waals surface area contributed by atoms with Crippen molar-refractivity contribution in [3.8, 4) is 0 Å². The molecule has 0 fully saturated rings. The van der Waals surface area contributed by atoms with Gasteiger partial charge in [-0.05, 0) is 5.92 Å². The van der Waals surface area contributed by atoms with Gasteiger partial charge in [0.1, 0.15) is 24.2 Å². The van der Waals surface area contributed by atoms with Gasteiger partial charge in [0.25, 0.3) is 0 Å². The third-order valence-corrected chi connectivity index (χ3v) is 2.69.